The van der Waals surface area contributed by atoms with Gasteiger partial charge in [-0.15, -0.1) is 5.10 Å². The molecule has 0 amide bonds. The maximum atomic E-state index is 11.2. The van der Waals surface area contributed by atoms with E-state index in [1.54, 1.807) is 13.0 Å². The summed E-state index contributed by atoms with van der Waals surface area (Å²) >= 11 is 0. The standard InChI is InChI=1S/C11H13N5O3/c1-7(11(18)19)3-5-16-10(13-14-15-16)8-2-4-12-9(17)6-8/h2,4,6-7H,3,5H2,1H3,(H,12,17)(H,18,19). The third kappa shape index (κ3) is 3.03. The zero-order valence-electron chi connectivity index (χ0n) is 10.3. The van der Waals surface area contributed by atoms with E-state index in [9.17, 15) is 9.59 Å². The second-order valence-electron chi connectivity index (χ2n) is 4.20. The van der Waals surface area contributed by atoms with Crippen molar-refractivity contribution < 1.29 is 9.90 Å². The van der Waals surface area contributed by atoms with Gasteiger partial charge in [0, 0.05) is 24.4 Å². The van der Waals surface area contributed by atoms with Crippen molar-refractivity contribution in [2.75, 3.05) is 0 Å². The number of carboxylic acids is 1. The molecule has 100 valence electrons. The van der Waals surface area contributed by atoms with Gasteiger partial charge in [0.15, 0.2) is 5.82 Å². The molecule has 0 saturated heterocycles. The van der Waals surface area contributed by atoms with E-state index in [2.05, 4.69) is 20.5 Å². The van der Waals surface area contributed by atoms with Crippen LogP contribution in [-0.2, 0) is 11.3 Å². The van der Waals surface area contributed by atoms with Crippen LogP contribution in [0.1, 0.15) is 13.3 Å². The molecule has 0 bridgehead atoms. The van der Waals surface area contributed by atoms with Crippen LogP contribution in [0.2, 0.25) is 0 Å². The summed E-state index contributed by atoms with van der Waals surface area (Å²) in [7, 11) is 0. The zero-order valence-corrected chi connectivity index (χ0v) is 10.3. The fraction of sp³-hybridized carbons (Fsp3) is 0.364. The van der Waals surface area contributed by atoms with Gasteiger partial charge in [-0.3, -0.25) is 9.59 Å². The lowest BCUT2D eigenvalue weighted by Crippen LogP contribution is -2.14. The number of carboxylic acid groups (broad SMARTS) is 1. The minimum absolute atomic E-state index is 0.244. The van der Waals surface area contributed by atoms with Crippen molar-refractivity contribution in [1.29, 1.82) is 0 Å². The minimum atomic E-state index is -0.856. The lowest BCUT2D eigenvalue weighted by Gasteiger charge is -2.07. The van der Waals surface area contributed by atoms with Crippen LogP contribution in [0.5, 0.6) is 0 Å². The molecule has 1 unspecified atom stereocenters. The molecule has 8 heteroatoms. The number of aromatic nitrogens is 5. The predicted octanol–water partition coefficient (Wildman–Crippen LogP) is 0.139. The molecule has 1 atom stereocenters. The van der Waals surface area contributed by atoms with E-state index < -0.39 is 11.9 Å². The zero-order chi connectivity index (χ0) is 13.8. The summed E-state index contributed by atoms with van der Waals surface area (Å²) in [5.74, 6) is -0.884. The molecule has 0 spiro atoms. The van der Waals surface area contributed by atoms with Crippen molar-refractivity contribution in [3.05, 3.63) is 28.7 Å². The molecule has 0 fully saturated rings. The molecule has 2 heterocycles. The highest BCUT2D eigenvalue weighted by Gasteiger charge is 2.14. The number of tetrazole rings is 1. The largest absolute Gasteiger partial charge is 0.481 e. The van der Waals surface area contributed by atoms with Gasteiger partial charge in [0.2, 0.25) is 5.56 Å². The van der Waals surface area contributed by atoms with Gasteiger partial charge in [-0.2, -0.15) is 0 Å². The second kappa shape index (κ2) is 5.42. The Bertz CT molecular complexity index is 633. The van der Waals surface area contributed by atoms with Crippen LogP contribution in [0.15, 0.2) is 23.1 Å². The van der Waals surface area contributed by atoms with Crippen LogP contribution < -0.4 is 5.56 Å². The first-order chi connectivity index (χ1) is 9.08. The molecule has 0 aliphatic heterocycles. The van der Waals surface area contributed by atoms with Crippen molar-refractivity contribution in [3.63, 3.8) is 0 Å². The van der Waals surface area contributed by atoms with E-state index in [4.69, 9.17) is 5.11 Å². The average molecular weight is 263 g/mol. The Balaban J connectivity index is 2.18. The van der Waals surface area contributed by atoms with Crippen LogP contribution in [0.3, 0.4) is 0 Å². The highest BCUT2D eigenvalue weighted by molar-refractivity contribution is 5.69. The molecule has 2 N–H and O–H groups in total. The van der Waals surface area contributed by atoms with Gasteiger partial charge in [0.05, 0.1) is 5.92 Å². The number of H-pyrrole nitrogens is 1. The van der Waals surface area contributed by atoms with E-state index >= 15 is 0 Å². The van der Waals surface area contributed by atoms with Gasteiger partial charge in [-0.1, -0.05) is 6.92 Å². The average Bonchev–Trinajstić information content (AvgIpc) is 2.84. The first-order valence-corrected chi connectivity index (χ1v) is 5.76. The Labute approximate surface area is 108 Å². The van der Waals surface area contributed by atoms with E-state index in [1.807, 2.05) is 0 Å². The van der Waals surface area contributed by atoms with Crippen LogP contribution in [0.4, 0.5) is 0 Å². The van der Waals surface area contributed by atoms with Gasteiger partial charge in [-0.05, 0) is 22.9 Å². The molecule has 2 aromatic heterocycles. The number of aliphatic carboxylic acids is 1. The van der Waals surface area contributed by atoms with Crippen molar-refractivity contribution in [2.24, 2.45) is 5.92 Å². The van der Waals surface area contributed by atoms with Crippen molar-refractivity contribution >= 4 is 5.97 Å². The van der Waals surface area contributed by atoms with Gasteiger partial charge in [0.1, 0.15) is 0 Å². The van der Waals surface area contributed by atoms with Gasteiger partial charge in [0.25, 0.3) is 0 Å². The summed E-state index contributed by atoms with van der Waals surface area (Å²) in [6.45, 7) is 2.00. The van der Waals surface area contributed by atoms with Crippen molar-refractivity contribution in [3.8, 4) is 11.4 Å². The smallest absolute Gasteiger partial charge is 0.306 e. The lowest BCUT2D eigenvalue weighted by molar-refractivity contribution is -0.141. The SMILES string of the molecule is CC(CCn1nnnc1-c1cc[nH]c(=O)c1)C(=O)O. The Kier molecular flexibility index (Phi) is 3.69. The number of aromatic amines is 1. The topological polar surface area (TPSA) is 114 Å². The summed E-state index contributed by atoms with van der Waals surface area (Å²) in [6, 6.07) is 3.08. The van der Waals surface area contributed by atoms with Crippen molar-refractivity contribution in [2.45, 2.75) is 19.9 Å². The molecular weight excluding hydrogens is 250 g/mol. The molecule has 0 aliphatic rings. The molecule has 2 aromatic rings. The molecule has 8 nitrogen and oxygen atoms in total. The van der Waals surface area contributed by atoms with E-state index in [1.165, 1.54) is 16.9 Å². The van der Waals surface area contributed by atoms with Gasteiger partial charge < -0.3 is 10.1 Å². The number of nitrogens with zero attached hydrogens (tertiary/aromatic N) is 4. The predicted molar refractivity (Wildman–Crippen MR) is 65.3 cm³/mol. The quantitative estimate of drug-likeness (QED) is 0.793. The first-order valence-electron chi connectivity index (χ1n) is 5.76. The number of aryl methyl sites for hydroxylation is 1. The molecule has 0 aliphatic carbocycles. The Morgan fingerprint density at radius 2 is 2.37 bits per heavy atom. The van der Waals surface area contributed by atoms with Crippen LogP contribution in [-0.4, -0.2) is 36.3 Å². The summed E-state index contributed by atoms with van der Waals surface area (Å²) in [6.07, 6.45) is 1.92. The highest BCUT2D eigenvalue weighted by atomic mass is 16.4. The Morgan fingerprint density at radius 1 is 1.58 bits per heavy atom. The fourth-order valence-electron chi connectivity index (χ4n) is 1.59. The van der Waals surface area contributed by atoms with E-state index in [0.717, 1.165) is 0 Å². The minimum Gasteiger partial charge on any atom is -0.481 e. The summed E-state index contributed by atoms with van der Waals surface area (Å²) in [4.78, 5) is 24.5. The lowest BCUT2D eigenvalue weighted by atomic mass is 10.1. The van der Waals surface area contributed by atoms with Gasteiger partial charge >= 0.3 is 5.97 Å². The fourth-order valence-corrected chi connectivity index (χ4v) is 1.59. The molecule has 19 heavy (non-hydrogen) atoms. The summed E-state index contributed by atoms with van der Waals surface area (Å²) in [5.41, 5.74) is 0.350. The van der Waals surface area contributed by atoms with Crippen LogP contribution in [0.25, 0.3) is 11.4 Å². The first kappa shape index (κ1) is 12.9. The Hall–Kier alpha value is -2.51. The third-order valence-corrected chi connectivity index (χ3v) is 2.76. The highest BCUT2D eigenvalue weighted by Crippen LogP contribution is 2.14. The molecular formula is C11H13N5O3. The van der Waals surface area contributed by atoms with Crippen LogP contribution in [0, 0.1) is 5.92 Å². The monoisotopic (exact) mass is 263 g/mol. The number of rotatable bonds is 5. The Morgan fingerprint density at radius 3 is 3.05 bits per heavy atom. The summed E-state index contributed by atoms with van der Waals surface area (Å²) in [5, 5.41) is 20.0. The third-order valence-electron chi connectivity index (χ3n) is 2.76. The number of pyridine rings is 1. The molecule has 0 saturated carbocycles. The summed E-state index contributed by atoms with van der Waals surface area (Å²) < 4.78 is 1.49. The molecule has 2 rings (SSSR count). The van der Waals surface area contributed by atoms with E-state index in [-0.39, 0.29) is 5.56 Å². The normalized spacial score (nSPS) is 12.3. The number of hydrogen-bond acceptors (Lipinski definition) is 5. The maximum absolute atomic E-state index is 11.2. The molecule has 0 aromatic carbocycles. The van der Waals surface area contributed by atoms with Gasteiger partial charge in [-0.25, -0.2) is 4.68 Å². The number of nitrogens with one attached hydrogen (secondary N) is 1. The number of hydrogen-bond donors (Lipinski definition) is 2. The second-order valence-corrected chi connectivity index (χ2v) is 4.20. The molecule has 0 radical (unpaired) electrons. The van der Waals surface area contributed by atoms with Crippen molar-refractivity contribution in [1.82, 2.24) is 25.2 Å². The van der Waals surface area contributed by atoms with Crippen LogP contribution >= 0.6 is 0 Å². The number of carbonyl (C=O) groups is 1. The maximum Gasteiger partial charge on any atom is 0.306 e. The van der Waals surface area contributed by atoms with E-state index in [0.29, 0.717) is 24.4 Å².